The lowest BCUT2D eigenvalue weighted by Gasteiger charge is -2.11. The molecule has 0 bridgehead atoms. The second-order valence-electron chi connectivity index (χ2n) is 6.39. The molecule has 0 fully saturated rings. The van der Waals surface area contributed by atoms with Crippen LogP contribution in [0.2, 0.25) is 10.0 Å². The van der Waals surface area contributed by atoms with Gasteiger partial charge in [-0.15, -0.1) is 10.2 Å². The first-order chi connectivity index (χ1) is 15.4. The molecule has 0 saturated carbocycles. The minimum absolute atomic E-state index is 0.0257. The van der Waals surface area contributed by atoms with E-state index in [9.17, 15) is 5.26 Å². The van der Waals surface area contributed by atoms with Crippen LogP contribution in [-0.2, 0) is 11.2 Å². The van der Waals surface area contributed by atoms with Crippen molar-refractivity contribution in [3.05, 3.63) is 74.9 Å². The number of rotatable bonds is 7. The molecule has 7 nitrogen and oxygen atoms in total. The van der Waals surface area contributed by atoms with Crippen molar-refractivity contribution in [2.75, 3.05) is 6.61 Å². The third-order valence-electron chi connectivity index (χ3n) is 4.20. The molecule has 10 heteroatoms. The molecule has 0 aliphatic rings. The van der Waals surface area contributed by atoms with Gasteiger partial charge in [-0.3, -0.25) is 0 Å². The number of hydrogen-bond donors (Lipinski definition) is 0. The predicted molar refractivity (Wildman–Crippen MR) is 115 cm³/mol. The zero-order valence-corrected chi connectivity index (χ0v) is 18.5. The van der Waals surface area contributed by atoms with Crippen LogP contribution >= 0.6 is 23.2 Å². The maximum atomic E-state index is 15.2. The Kier molecular flexibility index (Phi) is 7.32. The number of nitriles is 2. The van der Waals surface area contributed by atoms with Gasteiger partial charge in [0.1, 0.15) is 17.6 Å². The van der Waals surface area contributed by atoms with Crippen molar-refractivity contribution in [3.8, 4) is 23.6 Å². The molecule has 3 rings (SSSR count). The molecule has 3 aromatic rings. The Bertz CT molecular complexity index is 1280. The molecule has 162 valence electrons. The second kappa shape index (κ2) is 10.1. The molecule has 2 aromatic carbocycles. The van der Waals surface area contributed by atoms with Crippen LogP contribution in [0.15, 0.2) is 40.5 Å². The fourth-order valence-corrected chi connectivity index (χ4v) is 3.17. The van der Waals surface area contributed by atoms with Gasteiger partial charge in [0, 0.05) is 10.6 Å². The second-order valence-corrected chi connectivity index (χ2v) is 7.24. The summed E-state index contributed by atoms with van der Waals surface area (Å²) in [6.45, 7) is 3.77. The summed E-state index contributed by atoms with van der Waals surface area (Å²) in [5.41, 5.74) is 0.522. The van der Waals surface area contributed by atoms with E-state index in [-0.39, 0.29) is 56.4 Å². The zero-order chi connectivity index (χ0) is 23.3. The number of hydrogen-bond acceptors (Lipinski definition) is 7. The Labute approximate surface area is 193 Å². The van der Waals surface area contributed by atoms with Gasteiger partial charge in [-0.25, -0.2) is 4.39 Å². The van der Waals surface area contributed by atoms with Crippen molar-refractivity contribution in [2.45, 2.75) is 20.3 Å². The summed E-state index contributed by atoms with van der Waals surface area (Å²) in [6.07, 6.45) is -0.0717. The van der Waals surface area contributed by atoms with E-state index in [1.807, 2.05) is 12.1 Å². The van der Waals surface area contributed by atoms with Crippen molar-refractivity contribution < 1.29 is 18.3 Å². The highest BCUT2D eigenvalue weighted by atomic mass is 35.5. The van der Waals surface area contributed by atoms with Crippen molar-refractivity contribution in [3.63, 3.8) is 0 Å². The van der Waals surface area contributed by atoms with E-state index in [1.165, 1.54) is 30.3 Å². The van der Waals surface area contributed by atoms with Crippen molar-refractivity contribution in [1.82, 2.24) is 10.2 Å². The number of ether oxygens (including phenoxy) is 2. The number of allylic oxidation sites excluding steroid dienone is 2. The first-order valence-electron chi connectivity index (χ1n) is 9.28. The highest BCUT2D eigenvalue weighted by Gasteiger charge is 2.20. The average Bonchev–Trinajstić information content (AvgIpc) is 3.21. The molecule has 0 amide bonds. The van der Waals surface area contributed by atoms with Gasteiger partial charge in [-0.2, -0.15) is 10.5 Å². The van der Waals surface area contributed by atoms with Gasteiger partial charge in [0.2, 0.25) is 5.89 Å². The zero-order valence-electron chi connectivity index (χ0n) is 16.9. The number of halogens is 3. The van der Waals surface area contributed by atoms with Gasteiger partial charge in [-0.1, -0.05) is 29.3 Å². The monoisotopic (exact) mass is 472 g/mol. The summed E-state index contributed by atoms with van der Waals surface area (Å²) in [5.74, 6) is -0.419. The van der Waals surface area contributed by atoms with Crippen LogP contribution in [0.5, 0.6) is 11.5 Å². The molecule has 0 saturated heterocycles. The fourth-order valence-electron chi connectivity index (χ4n) is 2.76. The molecule has 0 spiro atoms. The van der Waals surface area contributed by atoms with Crippen molar-refractivity contribution >= 4 is 28.8 Å². The standard InChI is InChI=1S/C22H15Cl2FN4O3/c1-3-30-12(2)17(11-27)22-29-28-19(32-22)8-14-4-5-18(24)21(20(14)25)31-16-7-13(10-26)6-15(23)9-16/h4-7,9H,3,8H2,1-2H3. The number of benzene rings is 2. The van der Waals surface area contributed by atoms with E-state index in [0.29, 0.717) is 12.4 Å². The lowest BCUT2D eigenvalue weighted by atomic mass is 10.1. The molecule has 0 atom stereocenters. The first kappa shape index (κ1) is 23.1. The maximum Gasteiger partial charge on any atom is 0.261 e. The third-order valence-corrected chi connectivity index (χ3v) is 4.71. The number of aromatic nitrogens is 2. The SMILES string of the molecule is CCOC(C)=C(C#N)c1nnc(Cc2ccc(Cl)c(Oc3cc(Cl)cc(C#N)c3)c2F)o1. The van der Waals surface area contributed by atoms with Gasteiger partial charge in [0.25, 0.3) is 5.89 Å². The molecule has 0 N–H and O–H groups in total. The molecule has 32 heavy (non-hydrogen) atoms. The fraction of sp³-hybridized carbons (Fsp3) is 0.182. The average molecular weight is 473 g/mol. The molecule has 0 aliphatic heterocycles. The normalized spacial score (nSPS) is 11.3. The highest BCUT2D eigenvalue weighted by Crippen LogP contribution is 2.36. The van der Waals surface area contributed by atoms with E-state index < -0.39 is 5.82 Å². The highest BCUT2D eigenvalue weighted by molar-refractivity contribution is 6.32. The van der Waals surface area contributed by atoms with E-state index in [2.05, 4.69) is 10.2 Å². The van der Waals surface area contributed by atoms with E-state index in [0.717, 1.165) is 0 Å². The molecule has 1 heterocycles. The summed E-state index contributed by atoms with van der Waals surface area (Å²) in [4.78, 5) is 0. The topological polar surface area (TPSA) is 105 Å². The van der Waals surface area contributed by atoms with Crippen molar-refractivity contribution in [2.24, 2.45) is 0 Å². The summed E-state index contributed by atoms with van der Waals surface area (Å²) in [5, 5.41) is 26.4. The van der Waals surface area contributed by atoms with Crippen LogP contribution in [0.25, 0.3) is 5.57 Å². The number of nitrogens with zero attached hydrogens (tertiary/aromatic N) is 4. The summed E-state index contributed by atoms with van der Waals surface area (Å²) in [7, 11) is 0. The summed E-state index contributed by atoms with van der Waals surface area (Å²) < 4.78 is 31.6. The van der Waals surface area contributed by atoms with Gasteiger partial charge < -0.3 is 13.9 Å². The van der Waals surface area contributed by atoms with Gasteiger partial charge in [-0.05, 0) is 38.1 Å². The van der Waals surface area contributed by atoms with Crippen LogP contribution < -0.4 is 4.74 Å². The van der Waals surface area contributed by atoms with Crippen LogP contribution in [-0.4, -0.2) is 16.8 Å². The summed E-state index contributed by atoms with van der Waals surface area (Å²) in [6, 6.07) is 11.1. The van der Waals surface area contributed by atoms with Crippen LogP contribution in [0.4, 0.5) is 4.39 Å². The molecule has 0 radical (unpaired) electrons. The first-order valence-corrected chi connectivity index (χ1v) is 10.0. The van der Waals surface area contributed by atoms with Crippen molar-refractivity contribution in [1.29, 1.82) is 10.5 Å². The molecular formula is C22H15Cl2FN4O3. The molecule has 0 aliphatic carbocycles. The largest absolute Gasteiger partial charge is 0.497 e. The minimum Gasteiger partial charge on any atom is -0.497 e. The van der Waals surface area contributed by atoms with Gasteiger partial charge in [0.05, 0.1) is 29.7 Å². The van der Waals surface area contributed by atoms with E-state index >= 15 is 4.39 Å². The van der Waals surface area contributed by atoms with Gasteiger partial charge >= 0.3 is 0 Å². The molecule has 1 aromatic heterocycles. The predicted octanol–water partition coefficient (Wildman–Crippen LogP) is 6.06. The Morgan fingerprint density at radius 2 is 1.97 bits per heavy atom. The van der Waals surface area contributed by atoms with E-state index in [1.54, 1.807) is 13.8 Å². The quantitative estimate of drug-likeness (QED) is 0.303. The Morgan fingerprint density at radius 3 is 2.66 bits per heavy atom. The summed E-state index contributed by atoms with van der Waals surface area (Å²) >= 11 is 12.1. The Hall–Kier alpha value is -3.59. The Morgan fingerprint density at radius 1 is 1.19 bits per heavy atom. The molecular weight excluding hydrogens is 458 g/mol. The lowest BCUT2D eigenvalue weighted by molar-refractivity contribution is 0.233. The molecule has 0 unspecified atom stereocenters. The van der Waals surface area contributed by atoms with Crippen LogP contribution in [0.1, 0.15) is 36.8 Å². The minimum atomic E-state index is -0.739. The maximum absolute atomic E-state index is 15.2. The smallest absolute Gasteiger partial charge is 0.261 e. The third kappa shape index (κ3) is 5.17. The Balaban J connectivity index is 1.90. The lowest BCUT2D eigenvalue weighted by Crippen LogP contribution is -1.98. The van der Waals surface area contributed by atoms with Crippen LogP contribution in [0, 0.1) is 28.5 Å². The van der Waals surface area contributed by atoms with Crippen LogP contribution in [0.3, 0.4) is 0 Å². The van der Waals surface area contributed by atoms with E-state index in [4.69, 9.17) is 42.4 Å². The van der Waals surface area contributed by atoms with Gasteiger partial charge in [0.15, 0.2) is 17.1 Å².